The number of piperidine rings is 1. The van der Waals surface area contributed by atoms with Crippen LogP contribution >= 0.6 is 0 Å². The quantitative estimate of drug-likeness (QED) is 0.246. The van der Waals surface area contributed by atoms with Crippen molar-refractivity contribution in [2.24, 2.45) is 10.9 Å². The van der Waals surface area contributed by atoms with E-state index in [-0.39, 0.29) is 0 Å². The number of guanidine groups is 1. The largest absolute Gasteiger partial charge is 0.494 e. The molecule has 1 aromatic carbocycles. The Balaban J connectivity index is 1.65. The van der Waals surface area contributed by atoms with E-state index in [1.807, 2.05) is 12.3 Å². The molecule has 0 radical (unpaired) electrons. The highest BCUT2D eigenvalue weighted by Gasteiger charge is 2.15. The molecule has 1 heterocycles. The Morgan fingerprint density at radius 2 is 2.15 bits per heavy atom. The van der Waals surface area contributed by atoms with E-state index in [2.05, 4.69) is 45.6 Å². The summed E-state index contributed by atoms with van der Waals surface area (Å²) in [5, 5.41) is 14.1. The minimum absolute atomic E-state index is 0.508. The van der Waals surface area contributed by atoms with Gasteiger partial charge < -0.3 is 10.1 Å². The van der Waals surface area contributed by atoms with Gasteiger partial charge in [0.2, 0.25) is 5.96 Å². The molecule has 6 heteroatoms. The van der Waals surface area contributed by atoms with E-state index in [1.165, 1.54) is 31.5 Å². The summed E-state index contributed by atoms with van der Waals surface area (Å²) in [5.74, 6) is 2.32. The van der Waals surface area contributed by atoms with Crippen molar-refractivity contribution in [3.63, 3.8) is 0 Å². The SMILES string of the molecule is CN=C(NC#N)NCCCCOc1cccc(CN2CCC(C)CC2)c1. The van der Waals surface area contributed by atoms with Crippen LogP contribution in [0.25, 0.3) is 0 Å². The van der Waals surface area contributed by atoms with Gasteiger partial charge in [-0.1, -0.05) is 19.1 Å². The molecule has 0 aliphatic carbocycles. The lowest BCUT2D eigenvalue weighted by Gasteiger charge is -2.30. The third-order valence-electron chi connectivity index (χ3n) is 4.71. The molecule has 0 saturated carbocycles. The monoisotopic (exact) mass is 357 g/mol. The molecule has 0 unspecified atom stereocenters. The Labute approximate surface area is 157 Å². The van der Waals surface area contributed by atoms with Gasteiger partial charge >= 0.3 is 0 Å². The standard InChI is InChI=1S/C20H31N5O/c1-17-8-11-25(12-9-17)15-18-6-5-7-19(14-18)26-13-4-3-10-23-20(22-2)24-16-21/h5-7,14,17H,3-4,8-13,15H2,1-2H3,(H2,22,23,24). The van der Waals surface area contributed by atoms with Crippen molar-refractivity contribution >= 4 is 5.96 Å². The van der Waals surface area contributed by atoms with Gasteiger partial charge in [-0.2, -0.15) is 5.26 Å². The van der Waals surface area contributed by atoms with Gasteiger partial charge in [0.25, 0.3) is 0 Å². The van der Waals surface area contributed by atoms with E-state index in [1.54, 1.807) is 7.05 Å². The summed E-state index contributed by atoms with van der Waals surface area (Å²) in [7, 11) is 1.65. The molecule has 1 aliphatic rings. The fraction of sp³-hybridized carbons (Fsp3) is 0.600. The number of nitrogens with zero attached hydrogens (tertiary/aromatic N) is 3. The average Bonchev–Trinajstić information content (AvgIpc) is 2.66. The van der Waals surface area contributed by atoms with Crippen molar-refractivity contribution in [3.05, 3.63) is 29.8 Å². The molecule has 1 aromatic rings. The predicted molar refractivity (Wildman–Crippen MR) is 105 cm³/mol. The lowest BCUT2D eigenvalue weighted by Crippen LogP contribution is -2.34. The second-order valence-corrected chi connectivity index (χ2v) is 6.90. The van der Waals surface area contributed by atoms with E-state index < -0.39 is 0 Å². The smallest absolute Gasteiger partial charge is 0.204 e. The maximum atomic E-state index is 8.57. The Bertz CT molecular complexity index is 602. The Morgan fingerprint density at radius 1 is 1.35 bits per heavy atom. The van der Waals surface area contributed by atoms with E-state index in [4.69, 9.17) is 10.00 Å². The van der Waals surface area contributed by atoms with E-state index >= 15 is 0 Å². The summed E-state index contributed by atoms with van der Waals surface area (Å²) in [5.41, 5.74) is 1.32. The van der Waals surface area contributed by atoms with Crippen LogP contribution in [0.4, 0.5) is 0 Å². The Kier molecular flexibility index (Phi) is 8.77. The van der Waals surface area contributed by atoms with Crippen LogP contribution in [0.15, 0.2) is 29.3 Å². The minimum Gasteiger partial charge on any atom is -0.494 e. The summed E-state index contributed by atoms with van der Waals surface area (Å²) in [6.45, 7) is 7.21. The predicted octanol–water partition coefficient (Wildman–Crippen LogP) is 2.72. The normalized spacial score (nSPS) is 16.1. The number of rotatable bonds is 8. The Morgan fingerprint density at radius 3 is 2.88 bits per heavy atom. The first kappa shape index (κ1) is 20.1. The second kappa shape index (κ2) is 11.4. The molecule has 1 aliphatic heterocycles. The number of unbranched alkanes of at least 4 members (excludes halogenated alkanes) is 1. The molecule has 0 spiro atoms. The summed E-state index contributed by atoms with van der Waals surface area (Å²) >= 11 is 0. The summed E-state index contributed by atoms with van der Waals surface area (Å²) in [6, 6.07) is 8.45. The molecule has 2 rings (SSSR count). The number of hydrogen-bond donors (Lipinski definition) is 2. The van der Waals surface area contributed by atoms with Gasteiger partial charge in [-0.3, -0.25) is 15.2 Å². The highest BCUT2D eigenvalue weighted by molar-refractivity contribution is 5.80. The number of benzene rings is 1. The lowest BCUT2D eigenvalue weighted by atomic mass is 9.99. The van der Waals surface area contributed by atoms with E-state index in [0.29, 0.717) is 12.6 Å². The van der Waals surface area contributed by atoms with E-state index in [0.717, 1.165) is 37.6 Å². The van der Waals surface area contributed by atoms with Crippen LogP contribution in [0, 0.1) is 17.4 Å². The molecular formula is C20H31N5O. The number of hydrogen-bond acceptors (Lipinski definition) is 4. The van der Waals surface area contributed by atoms with Gasteiger partial charge in [0.05, 0.1) is 6.61 Å². The van der Waals surface area contributed by atoms with E-state index in [9.17, 15) is 0 Å². The van der Waals surface area contributed by atoms with Gasteiger partial charge in [0.1, 0.15) is 5.75 Å². The average molecular weight is 358 g/mol. The molecule has 0 amide bonds. The second-order valence-electron chi connectivity index (χ2n) is 6.90. The zero-order valence-corrected chi connectivity index (χ0v) is 16.0. The van der Waals surface area contributed by atoms with Crippen LogP contribution in [0.2, 0.25) is 0 Å². The zero-order chi connectivity index (χ0) is 18.6. The van der Waals surface area contributed by atoms with Crippen molar-refractivity contribution in [1.82, 2.24) is 15.5 Å². The molecule has 2 N–H and O–H groups in total. The molecule has 1 fully saturated rings. The molecule has 0 bridgehead atoms. The third kappa shape index (κ3) is 7.32. The maximum absolute atomic E-state index is 8.57. The van der Waals surface area contributed by atoms with Gasteiger partial charge in [-0.05, 0) is 62.4 Å². The first-order chi connectivity index (χ1) is 12.7. The lowest BCUT2D eigenvalue weighted by molar-refractivity contribution is 0.185. The Hall–Kier alpha value is -2.26. The van der Waals surface area contributed by atoms with Gasteiger partial charge in [0.15, 0.2) is 6.19 Å². The number of aliphatic imine (C=N–C) groups is 1. The van der Waals surface area contributed by atoms with Crippen molar-refractivity contribution in [2.75, 3.05) is 33.3 Å². The molecule has 1 saturated heterocycles. The summed E-state index contributed by atoms with van der Waals surface area (Å²) in [4.78, 5) is 6.48. The molecule has 6 nitrogen and oxygen atoms in total. The van der Waals surface area contributed by atoms with Crippen LogP contribution in [-0.2, 0) is 6.54 Å². The van der Waals surface area contributed by atoms with Crippen LogP contribution in [0.3, 0.4) is 0 Å². The number of nitriles is 1. The highest BCUT2D eigenvalue weighted by atomic mass is 16.5. The van der Waals surface area contributed by atoms with Crippen LogP contribution in [-0.4, -0.2) is 44.1 Å². The van der Waals surface area contributed by atoms with Crippen LogP contribution in [0.1, 0.15) is 38.2 Å². The van der Waals surface area contributed by atoms with Crippen molar-refractivity contribution in [3.8, 4) is 11.9 Å². The maximum Gasteiger partial charge on any atom is 0.204 e. The molecule has 0 aromatic heterocycles. The summed E-state index contributed by atoms with van der Waals surface area (Å²) in [6.07, 6.45) is 6.37. The third-order valence-corrected chi connectivity index (χ3v) is 4.71. The van der Waals surface area contributed by atoms with Gasteiger partial charge in [0, 0.05) is 20.1 Å². The first-order valence-corrected chi connectivity index (χ1v) is 9.51. The van der Waals surface area contributed by atoms with Crippen molar-refractivity contribution in [2.45, 2.75) is 39.2 Å². The number of likely N-dealkylation sites (tertiary alicyclic amines) is 1. The van der Waals surface area contributed by atoms with Gasteiger partial charge in [-0.15, -0.1) is 0 Å². The molecule has 0 atom stereocenters. The van der Waals surface area contributed by atoms with Crippen molar-refractivity contribution in [1.29, 1.82) is 5.26 Å². The number of ether oxygens (including phenoxy) is 1. The molecular weight excluding hydrogens is 326 g/mol. The van der Waals surface area contributed by atoms with Crippen molar-refractivity contribution < 1.29 is 4.74 Å². The van der Waals surface area contributed by atoms with Crippen LogP contribution in [0.5, 0.6) is 5.75 Å². The number of nitrogens with one attached hydrogen (secondary N) is 2. The fourth-order valence-corrected chi connectivity index (χ4v) is 3.07. The topological polar surface area (TPSA) is 72.7 Å². The van der Waals surface area contributed by atoms with Crippen LogP contribution < -0.4 is 15.4 Å². The molecule has 142 valence electrons. The highest BCUT2D eigenvalue weighted by Crippen LogP contribution is 2.20. The van der Waals surface area contributed by atoms with Gasteiger partial charge in [-0.25, -0.2) is 0 Å². The minimum atomic E-state index is 0.508. The summed E-state index contributed by atoms with van der Waals surface area (Å²) < 4.78 is 5.89. The first-order valence-electron chi connectivity index (χ1n) is 9.51. The fourth-order valence-electron chi connectivity index (χ4n) is 3.07. The zero-order valence-electron chi connectivity index (χ0n) is 16.0. The molecule has 26 heavy (non-hydrogen) atoms.